The average molecular weight is 570 g/mol. The quantitative estimate of drug-likeness (QED) is 0.396. The lowest BCUT2D eigenvalue weighted by molar-refractivity contribution is -0.131. The Morgan fingerprint density at radius 1 is 1.23 bits per heavy atom. The van der Waals surface area contributed by atoms with Gasteiger partial charge in [0.05, 0.1) is 17.9 Å². The highest BCUT2D eigenvalue weighted by Gasteiger charge is 2.35. The lowest BCUT2D eigenvalue weighted by atomic mass is 9.95. The summed E-state index contributed by atoms with van der Waals surface area (Å²) in [5.41, 5.74) is 0.192. The summed E-state index contributed by atoms with van der Waals surface area (Å²) in [6.45, 7) is 3.50. The Labute approximate surface area is 233 Å². The van der Waals surface area contributed by atoms with Gasteiger partial charge in [-0.1, -0.05) is 36.4 Å². The van der Waals surface area contributed by atoms with Crippen LogP contribution in [0.4, 0.5) is 5.82 Å². The van der Waals surface area contributed by atoms with Gasteiger partial charge in [-0.25, -0.2) is 17.5 Å². The Kier molecular flexibility index (Phi) is 9.84. The van der Waals surface area contributed by atoms with Gasteiger partial charge >= 0.3 is 5.97 Å². The molecular weight excluding hydrogens is 538 g/mol. The fourth-order valence-corrected chi connectivity index (χ4v) is 5.72. The summed E-state index contributed by atoms with van der Waals surface area (Å²) >= 11 is 0. The molecule has 2 amide bonds. The number of sulfonamides is 1. The molecule has 12 nitrogen and oxygen atoms in total. The molecule has 0 radical (unpaired) electrons. The second-order valence-electron chi connectivity index (χ2n) is 9.37. The van der Waals surface area contributed by atoms with Crippen LogP contribution in [0.25, 0.3) is 0 Å². The third-order valence-electron chi connectivity index (χ3n) is 6.36. The third-order valence-corrected chi connectivity index (χ3v) is 8.06. The van der Waals surface area contributed by atoms with E-state index in [1.807, 2.05) is 6.07 Å². The Balaban J connectivity index is 1.79. The molecule has 3 rings (SSSR count). The van der Waals surface area contributed by atoms with Crippen molar-refractivity contribution < 1.29 is 32.6 Å². The van der Waals surface area contributed by atoms with Crippen LogP contribution < -0.4 is 9.64 Å². The average Bonchev–Trinajstić information content (AvgIpc) is 2.93. The molecule has 1 N–H and O–H groups in total. The van der Waals surface area contributed by atoms with E-state index in [4.69, 9.17) is 4.74 Å². The summed E-state index contributed by atoms with van der Waals surface area (Å²) in [5, 5.41) is 19.2. The number of ether oxygens (including phenoxy) is 1. The van der Waals surface area contributed by atoms with Crippen LogP contribution in [-0.2, 0) is 25.4 Å². The first kappa shape index (κ1) is 30.1. The van der Waals surface area contributed by atoms with Crippen LogP contribution in [0.3, 0.4) is 0 Å². The van der Waals surface area contributed by atoms with E-state index in [-0.39, 0.29) is 61.1 Å². The van der Waals surface area contributed by atoms with E-state index in [9.17, 15) is 33.2 Å². The summed E-state index contributed by atoms with van der Waals surface area (Å²) in [7, 11) is -0.913. The van der Waals surface area contributed by atoms with Gasteiger partial charge in [-0.2, -0.15) is 10.2 Å². The highest BCUT2D eigenvalue weighted by molar-refractivity contribution is 7.88. The number of carboxylic acids is 1. The zero-order valence-corrected chi connectivity index (χ0v) is 23.1. The number of aromatic carboxylic acids is 1. The van der Waals surface area contributed by atoms with Gasteiger partial charge in [0.2, 0.25) is 21.8 Å². The minimum atomic E-state index is -3.96. The first-order valence-corrected chi connectivity index (χ1v) is 14.0. The van der Waals surface area contributed by atoms with Gasteiger partial charge < -0.3 is 19.6 Å². The number of anilines is 1. The van der Waals surface area contributed by atoms with Crippen molar-refractivity contribution >= 4 is 33.6 Å². The summed E-state index contributed by atoms with van der Waals surface area (Å²) in [4.78, 5) is 44.3. The van der Waals surface area contributed by atoms with E-state index in [0.29, 0.717) is 5.56 Å². The summed E-state index contributed by atoms with van der Waals surface area (Å²) in [6, 6.07) is 11.7. The molecule has 0 saturated carbocycles. The van der Waals surface area contributed by atoms with Gasteiger partial charge in [-0.05, 0) is 24.5 Å². The van der Waals surface area contributed by atoms with Gasteiger partial charge in [-0.3, -0.25) is 9.59 Å². The molecule has 2 heterocycles. The van der Waals surface area contributed by atoms with Gasteiger partial charge in [0, 0.05) is 33.1 Å². The molecule has 1 saturated heterocycles. The van der Waals surface area contributed by atoms with Crippen LogP contribution in [0, 0.1) is 17.2 Å². The molecule has 13 heteroatoms. The number of hydrogen-bond donors (Lipinski definition) is 1. The molecule has 0 aliphatic carbocycles. The van der Waals surface area contributed by atoms with E-state index in [2.05, 4.69) is 11.6 Å². The zero-order chi connectivity index (χ0) is 29.4. The minimum Gasteiger partial charge on any atom is -0.477 e. The predicted molar refractivity (Wildman–Crippen MR) is 146 cm³/mol. The summed E-state index contributed by atoms with van der Waals surface area (Å²) in [6.07, 6.45) is 1.91. The first-order chi connectivity index (χ1) is 19.0. The van der Waals surface area contributed by atoms with Gasteiger partial charge in [0.25, 0.3) is 5.91 Å². The number of nitrogens with zero attached hydrogens (tertiary/aromatic N) is 5. The van der Waals surface area contributed by atoms with Crippen LogP contribution >= 0.6 is 0 Å². The minimum absolute atomic E-state index is 0.00724. The maximum Gasteiger partial charge on any atom is 0.341 e. The number of rotatable bonds is 11. The number of aromatic nitrogens is 1. The molecule has 0 atom stereocenters. The molecule has 0 bridgehead atoms. The van der Waals surface area contributed by atoms with Crippen LogP contribution in [0.15, 0.2) is 49.1 Å². The number of pyridine rings is 1. The highest BCUT2D eigenvalue weighted by Crippen LogP contribution is 2.30. The lowest BCUT2D eigenvalue weighted by Crippen LogP contribution is -2.45. The molecule has 0 unspecified atom stereocenters. The molecule has 0 spiro atoms. The number of carbonyl (C=O) groups is 3. The fraction of sp³-hybridized carbons (Fsp3) is 0.370. The van der Waals surface area contributed by atoms with E-state index < -0.39 is 40.3 Å². The molecule has 1 aliphatic heterocycles. The topological polar surface area (TPSA) is 161 Å². The van der Waals surface area contributed by atoms with Crippen molar-refractivity contribution in [2.75, 3.05) is 45.2 Å². The zero-order valence-electron chi connectivity index (χ0n) is 22.3. The van der Waals surface area contributed by atoms with Gasteiger partial charge in [-0.15, -0.1) is 6.58 Å². The molecule has 1 fully saturated rings. The van der Waals surface area contributed by atoms with Gasteiger partial charge in [0.1, 0.15) is 11.6 Å². The fourth-order valence-electron chi connectivity index (χ4n) is 4.20. The van der Waals surface area contributed by atoms with Crippen molar-refractivity contribution in [3.63, 3.8) is 0 Å². The monoisotopic (exact) mass is 569 g/mol. The van der Waals surface area contributed by atoms with Crippen molar-refractivity contribution in [3.8, 4) is 11.9 Å². The first-order valence-electron chi connectivity index (χ1n) is 12.4. The van der Waals surface area contributed by atoms with Crippen molar-refractivity contribution in [2.45, 2.75) is 18.6 Å². The predicted octanol–water partition coefficient (Wildman–Crippen LogP) is 1.88. The maximum atomic E-state index is 13.4. The Morgan fingerprint density at radius 2 is 1.88 bits per heavy atom. The number of nitriles is 1. The van der Waals surface area contributed by atoms with Gasteiger partial charge in [0.15, 0.2) is 12.4 Å². The van der Waals surface area contributed by atoms with E-state index in [1.54, 1.807) is 35.2 Å². The molecular formula is C27H31N5O7S. The third kappa shape index (κ3) is 7.15. The summed E-state index contributed by atoms with van der Waals surface area (Å²) < 4.78 is 32.5. The normalized spacial score (nSPS) is 13.7. The standard InChI is InChI=1S/C27H31N5O7S/c1-4-12-32(40(37,38)18-19-8-6-5-7-9-19)26(34)20-10-13-31(14-11-20)24-21(16-28)15-22(27(35)36)25(29-24)39-17-23(33)30(2)3/h4-9,15,20H,1,10-14,17-18H2,2-3H3,(H,35,36). The second kappa shape index (κ2) is 13.1. The Hall–Kier alpha value is -4.44. The molecule has 1 aromatic heterocycles. The number of piperidine rings is 1. The number of carbonyl (C=O) groups excluding carboxylic acids is 2. The van der Waals surface area contributed by atoms with Crippen LogP contribution in [-0.4, -0.2) is 85.8 Å². The van der Waals surface area contributed by atoms with Crippen molar-refractivity contribution in [2.24, 2.45) is 5.92 Å². The maximum absolute atomic E-state index is 13.4. The largest absolute Gasteiger partial charge is 0.477 e. The number of carboxylic acid groups (broad SMARTS) is 1. The summed E-state index contributed by atoms with van der Waals surface area (Å²) in [5.74, 6) is -3.38. The van der Waals surface area contributed by atoms with Crippen molar-refractivity contribution in [3.05, 3.63) is 65.7 Å². The van der Waals surface area contributed by atoms with Crippen LogP contribution in [0.1, 0.15) is 34.3 Å². The number of hydrogen-bond acceptors (Lipinski definition) is 9. The smallest absolute Gasteiger partial charge is 0.341 e. The van der Waals surface area contributed by atoms with Crippen molar-refractivity contribution in [1.82, 2.24) is 14.2 Å². The molecule has 40 heavy (non-hydrogen) atoms. The number of amides is 2. The second-order valence-corrected chi connectivity index (χ2v) is 11.3. The van der Waals surface area contributed by atoms with E-state index >= 15 is 0 Å². The number of likely N-dealkylation sites (N-methyl/N-ethyl adjacent to an activating group) is 1. The molecule has 2 aromatic rings. The Morgan fingerprint density at radius 3 is 2.42 bits per heavy atom. The van der Waals surface area contributed by atoms with Crippen molar-refractivity contribution in [1.29, 1.82) is 5.26 Å². The van der Waals surface area contributed by atoms with E-state index in [1.165, 1.54) is 25.1 Å². The van der Waals surface area contributed by atoms with E-state index in [0.717, 1.165) is 10.4 Å². The molecule has 212 valence electrons. The molecule has 1 aromatic carbocycles. The number of benzene rings is 1. The SMILES string of the molecule is C=CCN(C(=O)C1CCN(c2nc(OCC(=O)N(C)C)c(C(=O)O)cc2C#N)CC1)S(=O)(=O)Cc1ccccc1. The highest BCUT2D eigenvalue weighted by atomic mass is 32.2. The van der Waals surface area contributed by atoms with Crippen LogP contribution in [0.2, 0.25) is 0 Å². The van der Waals surface area contributed by atoms with Crippen LogP contribution in [0.5, 0.6) is 5.88 Å². The molecule has 1 aliphatic rings. The Bertz CT molecular complexity index is 1410. The lowest BCUT2D eigenvalue weighted by Gasteiger charge is -2.34.